The zero-order chi connectivity index (χ0) is 17.9. The Kier molecular flexibility index (Phi) is 4.92. The second-order valence-electron chi connectivity index (χ2n) is 7.12. The summed E-state index contributed by atoms with van der Waals surface area (Å²) in [6, 6.07) is 7.74. The van der Waals surface area contributed by atoms with Crippen molar-refractivity contribution >= 4 is 6.09 Å². The molecule has 1 aliphatic rings. The predicted molar refractivity (Wildman–Crippen MR) is 92.8 cm³/mol. The van der Waals surface area contributed by atoms with Crippen molar-refractivity contribution in [2.45, 2.75) is 45.3 Å². The van der Waals surface area contributed by atoms with Gasteiger partial charge >= 0.3 is 6.09 Å². The van der Waals surface area contributed by atoms with Crippen LogP contribution in [-0.2, 0) is 4.74 Å². The van der Waals surface area contributed by atoms with E-state index in [1.54, 1.807) is 15.9 Å². The summed E-state index contributed by atoms with van der Waals surface area (Å²) >= 11 is 0. The number of rotatable bonds is 3. The van der Waals surface area contributed by atoms with Gasteiger partial charge in [0.15, 0.2) is 0 Å². The van der Waals surface area contributed by atoms with Crippen molar-refractivity contribution in [2.24, 2.45) is 0 Å². The average molecular weight is 344 g/mol. The SMILES string of the molecule is CC(C)(C)OC(=O)N1CCC(Oc2ccc(-n3cncn3)cc2)CC1. The molecule has 25 heavy (non-hydrogen) atoms. The van der Waals surface area contributed by atoms with Gasteiger partial charge in [-0.25, -0.2) is 14.5 Å². The summed E-state index contributed by atoms with van der Waals surface area (Å²) in [5, 5.41) is 4.10. The van der Waals surface area contributed by atoms with Crippen LogP contribution in [0.2, 0.25) is 0 Å². The van der Waals surface area contributed by atoms with Crippen molar-refractivity contribution < 1.29 is 14.3 Å². The highest BCUT2D eigenvalue weighted by Gasteiger charge is 2.27. The Bertz CT molecular complexity index is 684. The van der Waals surface area contributed by atoms with Crippen molar-refractivity contribution in [1.82, 2.24) is 19.7 Å². The summed E-state index contributed by atoms with van der Waals surface area (Å²) < 4.78 is 13.1. The first-order valence-electron chi connectivity index (χ1n) is 8.50. The fourth-order valence-corrected chi connectivity index (χ4v) is 2.69. The van der Waals surface area contributed by atoms with Crippen molar-refractivity contribution in [3.8, 4) is 11.4 Å². The molecule has 1 amide bonds. The van der Waals surface area contributed by atoms with Crippen molar-refractivity contribution in [3.63, 3.8) is 0 Å². The van der Waals surface area contributed by atoms with Crippen LogP contribution in [0.5, 0.6) is 5.75 Å². The van der Waals surface area contributed by atoms with E-state index in [0.717, 1.165) is 24.3 Å². The third kappa shape index (κ3) is 4.71. The number of benzene rings is 1. The largest absolute Gasteiger partial charge is 0.490 e. The first-order valence-corrected chi connectivity index (χ1v) is 8.50. The first kappa shape index (κ1) is 17.3. The molecule has 1 aromatic carbocycles. The predicted octanol–water partition coefficient (Wildman–Crippen LogP) is 3.05. The van der Waals surface area contributed by atoms with Crippen molar-refractivity contribution in [3.05, 3.63) is 36.9 Å². The molecule has 134 valence electrons. The second-order valence-corrected chi connectivity index (χ2v) is 7.12. The quantitative estimate of drug-likeness (QED) is 0.856. The Labute approximate surface area is 147 Å². The molecule has 7 heteroatoms. The lowest BCUT2D eigenvalue weighted by Crippen LogP contribution is -2.44. The molecule has 2 aromatic rings. The van der Waals surface area contributed by atoms with Gasteiger partial charge in [0.05, 0.1) is 5.69 Å². The minimum absolute atomic E-state index is 0.107. The van der Waals surface area contributed by atoms with Crippen LogP contribution >= 0.6 is 0 Å². The lowest BCUT2D eigenvalue weighted by atomic mass is 10.1. The topological polar surface area (TPSA) is 69.5 Å². The van der Waals surface area contributed by atoms with Crippen LogP contribution in [0.4, 0.5) is 4.79 Å². The molecule has 1 saturated heterocycles. The maximum absolute atomic E-state index is 12.1. The van der Waals surface area contributed by atoms with Crippen LogP contribution in [0.25, 0.3) is 5.69 Å². The Morgan fingerprint density at radius 3 is 2.40 bits per heavy atom. The van der Waals surface area contributed by atoms with Gasteiger partial charge in [-0.2, -0.15) is 5.10 Å². The third-order valence-corrected chi connectivity index (χ3v) is 3.92. The number of nitrogens with zero attached hydrogens (tertiary/aromatic N) is 4. The number of aromatic nitrogens is 3. The summed E-state index contributed by atoms with van der Waals surface area (Å²) in [5.41, 5.74) is 0.473. The number of piperidine rings is 1. The van der Waals surface area contributed by atoms with Gasteiger partial charge in [0.25, 0.3) is 0 Å². The van der Waals surface area contributed by atoms with Crippen LogP contribution in [-0.4, -0.2) is 50.6 Å². The fraction of sp³-hybridized carbons (Fsp3) is 0.500. The van der Waals surface area contributed by atoms with E-state index in [1.165, 1.54) is 6.33 Å². The zero-order valence-electron chi connectivity index (χ0n) is 14.9. The van der Waals surface area contributed by atoms with E-state index in [2.05, 4.69) is 10.1 Å². The van der Waals surface area contributed by atoms with E-state index >= 15 is 0 Å². The molecule has 0 bridgehead atoms. The van der Waals surface area contributed by atoms with Crippen molar-refractivity contribution in [1.29, 1.82) is 0 Å². The van der Waals surface area contributed by atoms with Gasteiger partial charge in [-0.1, -0.05) is 0 Å². The van der Waals surface area contributed by atoms with E-state index in [-0.39, 0.29) is 12.2 Å². The average Bonchev–Trinajstić information content (AvgIpc) is 3.09. The molecule has 0 radical (unpaired) electrons. The Morgan fingerprint density at radius 2 is 1.84 bits per heavy atom. The smallest absolute Gasteiger partial charge is 0.410 e. The number of hydrogen-bond acceptors (Lipinski definition) is 5. The van der Waals surface area contributed by atoms with Crippen LogP contribution in [0, 0.1) is 0 Å². The van der Waals surface area contributed by atoms with E-state index in [4.69, 9.17) is 9.47 Å². The highest BCUT2D eigenvalue weighted by atomic mass is 16.6. The number of ether oxygens (including phenoxy) is 2. The van der Waals surface area contributed by atoms with Crippen molar-refractivity contribution in [2.75, 3.05) is 13.1 Å². The normalized spacial score (nSPS) is 15.9. The Balaban J connectivity index is 1.50. The van der Waals surface area contributed by atoms with Crippen LogP contribution in [0.15, 0.2) is 36.9 Å². The highest BCUT2D eigenvalue weighted by molar-refractivity contribution is 5.68. The summed E-state index contributed by atoms with van der Waals surface area (Å²) in [7, 11) is 0. The van der Waals surface area contributed by atoms with Crippen LogP contribution in [0.3, 0.4) is 0 Å². The molecule has 0 saturated carbocycles. The van der Waals surface area contributed by atoms with Crippen LogP contribution < -0.4 is 4.74 Å². The number of likely N-dealkylation sites (tertiary alicyclic amines) is 1. The monoisotopic (exact) mass is 344 g/mol. The summed E-state index contributed by atoms with van der Waals surface area (Å²) in [5.74, 6) is 0.819. The van der Waals surface area contributed by atoms with E-state index in [0.29, 0.717) is 13.1 Å². The van der Waals surface area contributed by atoms with Gasteiger partial charge in [-0.05, 0) is 45.0 Å². The first-order chi connectivity index (χ1) is 11.9. The summed E-state index contributed by atoms with van der Waals surface area (Å²) in [6.07, 6.45) is 4.61. The maximum atomic E-state index is 12.1. The summed E-state index contributed by atoms with van der Waals surface area (Å²) in [6.45, 7) is 6.93. The standard InChI is InChI=1S/C18H24N4O3/c1-18(2,3)25-17(23)21-10-8-16(9-11-21)24-15-6-4-14(5-7-15)22-13-19-12-20-22/h4-7,12-13,16H,8-11H2,1-3H3. The van der Waals surface area contributed by atoms with E-state index in [1.807, 2.05) is 45.0 Å². The molecule has 1 aliphatic heterocycles. The minimum Gasteiger partial charge on any atom is -0.490 e. The van der Waals surface area contributed by atoms with Gasteiger partial charge in [0.1, 0.15) is 30.1 Å². The molecule has 0 N–H and O–H groups in total. The minimum atomic E-state index is -0.462. The van der Waals surface area contributed by atoms with E-state index in [9.17, 15) is 4.79 Å². The lowest BCUT2D eigenvalue weighted by molar-refractivity contribution is 0.0126. The number of carbonyl (C=O) groups is 1. The Hall–Kier alpha value is -2.57. The van der Waals surface area contributed by atoms with E-state index < -0.39 is 5.60 Å². The van der Waals surface area contributed by atoms with Gasteiger partial charge in [-0.3, -0.25) is 0 Å². The molecule has 0 unspecified atom stereocenters. The molecule has 0 aliphatic carbocycles. The zero-order valence-corrected chi connectivity index (χ0v) is 14.9. The molecule has 0 spiro atoms. The van der Waals surface area contributed by atoms with Crippen LogP contribution in [0.1, 0.15) is 33.6 Å². The molecule has 7 nitrogen and oxygen atoms in total. The maximum Gasteiger partial charge on any atom is 0.410 e. The molecule has 2 heterocycles. The molecular weight excluding hydrogens is 320 g/mol. The number of amides is 1. The van der Waals surface area contributed by atoms with Gasteiger partial charge in [-0.15, -0.1) is 0 Å². The number of hydrogen-bond donors (Lipinski definition) is 0. The highest BCUT2D eigenvalue weighted by Crippen LogP contribution is 2.21. The molecular formula is C18H24N4O3. The second kappa shape index (κ2) is 7.13. The van der Waals surface area contributed by atoms with Gasteiger partial charge in [0, 0.05) is 25.9 Å². The van der Waals surface area contributed by atoms with Gasteiger partial charge in [0.2, 0.25) is 0 Å². The molecule has 1 aromatic heterocycles. The molecule has 0 atom stereocenters. The summed E-state index contributed by atoms with van der Waals surface area (Å²) in [4.78, 5) is 17.8. The lowest BCUT2D eigenvalue weighted by Gasteiger charge is -2.33. The molecule has 1 fully saturated rings. The number of carbonyl (C=O) groups excluding carboxylic acids is 1. The molecule has 3 rings (SSSR count). The fourth-order valence-electron chi connectivity index (χ4n) is 2.69. The van der Waals surface area contributed by atoms with Gasteiger partial charge < -0.3 is 14.4 Å². The third-order valence-electron chi connectivity index (χ3n) is 3.92. The Morgan fingerprint density at radius 1 is 1.16 bits per heavy atom.